The first-order valence-electron chi connectivity index (χ1n) is 6.40. The summed E-state index contributed by atoms with van der Waals surface area (Å²) < 4.78 is 66.1. The summed E-state index contributed by atoms with van der Waals surface area (Å²) in [5, 5.41) is -0.196. The number of hydrogen-bond donors (Lipinski definition) is 1. The van der Waals surface area contributed by atoms with E-state index in [1.165, 1.54) is 19.3 Å². The molecule has 0 bridgehead atoms. The molecular weight excluding hydrogens is 353 g/mol. The van der Waals surface area contributed by atoms with Crippen LogP contribution in [0.4, 0.5) is 13.2 Å². The molecule has 1 heterocycles. The highest BCUT2D eigenvalue weighted by Gasteiger charge is 2.37. The fourth-order valence-electron chi connectivity index (χ4n) is 1.97. The SMILES string of the molecule is CC(NS(=O)(=O)c1ccc(Cl)cc1C(F)(F)F)c1ccncc1. The van der Waals surface area contributed by atoms with E-state index in [1.807, 2.05) is 0 Å². The van der Waals surface area contributed by atoms with Gasteiger partial charge in [-0.15, -0.1) is 0 Å². The van der Waals surface area contributed by atoms with Crippen molar-refractivity contribution in [2.45, 2.75) is 24.0 Å². The van der Waals surface area contributed by atoms with Crippen LogP contribution < -0.4 is 4.72 Å². The highest BCUT2D eigenvalue weighted by molar-refractivity contribution is 7.89. The maximum atomic E-state index is 13.1. The minimum absolute atomic E-state index is 0.196. The third kappa shape index (κ3) is 4.21. The Hall–Kier alpha value is -1.64. The molecule has 9 heteroatoms. The standard InChI is InChI=1S/C14H12ClF3N2O2S/c1-9(10-4-6-19-7-5-10)20-23(21,22)13-3-2-11(15)8-12(13)14(16,17)18/h2-9,20H,1H3. The third-order valence-corrected chi connectivity index (χ3v) is 4.91. The van der Waals surface area contributed by atoms with Crippen molar-refractivity contribution in [1.82, 2.24) is 9.71 Å². The molecule has 2 aromatic rings. The number of nitrogens with one attached hydrogen (secondary N) is 1. The second kappa shape index (κ2) is 6.46. The smallest absolute Gasteiger partial charge is 0.265 e. The second-order valence-electron chi connectivity index (χ2n) is 4.76. The van der Waals surface area contributed by atoms with Crippen LogP contribution in [0, 0.1) is 0 Å². The number of rotatable bonds is 4. The molecular formula is C14H12ClF3N2O2S. The van der Waals surface area contributed by atoms with Gasteiger partial charge in [0.15, 0.2) is 0 Å². The minimum Gasteiger partial charge on any atom is -0.265 e. The lowest BCUT2D eigenvalue weighted by Gasteiger charge is -2.18. The number of sulfonamides is 1. The Bertz CT molecular complexity index is 795. The number of benzene rings is 1. The Labute approximate surface area is 136 Å². The molecule has 0 aliphatic rings. The average Bonchev–Trinajstić information content (AvgIpc) is 2.46. The molecule has 0 radical (unpaired) electrons. The number of alkyl halides is 3. The van der Waals surface area contributed by atoms with Crippen LogP contribution in [0.15, 0.2) is 47.6 Å². The number of hydrogen-bond acceptors (Lipinski definition) is 3. The van der Waals surface area contributed by atoms with E-state index < -0.39 is 32.7 Å². The zero-order valence-electron chi connectivity index (χ0n) is 11.8. The maximum Gasteiger partial charge on any atom is 0.417 e. The van der Waals surface area contributed by atoms with Crippen LogP contribution >= 0.6 is 11.6 Å². The Morgan fingerprint density at radius 1 is 1.17 bits per heavy atom. The molecule has 0 aliphatic carbocycles. The molecule has 1 atom stereocenters. The molecule has 1 unspecified atom stereocenters. The summed E-state index contributed by atoms with van der Waals surface area (Å²) in [4.78, 5) is 2.93. The lowest BCUT2D eigenvalue weighted by molar-refractivity contribution is -0.139. The molecule has 124 valence electrons. The number of halogens is 4. The number of aromatic nitrogens is 1. The lowest BCUT2D eigenvalue weighted by atomic mass is 10.1. The predicted octanol–water partition coefficient (Wildman–Crippen LogP) is 3.79. The average molecular weight is 365 g/mol. The topological polar surface area (TPSA) is 59.1 Å². The summed E-state index contributed by atoms with van der Waals surface area (Å²) in [5.41, 5.74) is -0.731. The molecule has 1 aromatic carbocycles. The van der Waals surface area contributed by atoms with Crippen molar-refractivity contribution in [3.05, 3.63) is 58.9 Å². The Kier molecular flexibility index (Phi) is 4.98. The summed E-state index contributed by atoms with van der Waals surface area (Å²) in [6.45, 7) is 1.52. The largest absolute Gasteiger partial charge is 0.417 e. The van der Waals surface area contributed by atoms with Gasteiger partial charge in [0.2, 0.25) is 10.0 Å². The van der Waals surface area contributed by atoms with E-state index >= 15 is 0 Å². The molecule has 0 saturated heterocycles. The maximum absolute atomic E-state index is 13.1. The molecule has 1 aromatic heterocycles. The molecule has 2 rings (SSSR count). The normalized spacial score (nSPS) is 13.8. The first kappa shape index (κ1) is 17.7. The number of nitrogens with zero attached hydrogens (tertiary/aromatic N) is 1. The van der Waals surface area contributed by atoms with Crippen molar-refractivity contribution in [3.63, 3.8) is 0 Å². The van der Waals surface area contributed by atoms with Gasteiger partial charge in [-0.2, -0.15) is 13.2 Å². The fourth-order valence-corrected chi connectivity index (χ4v) is 3.59. The van der Waals surface area contributed by atoms with Gasteiger partial charge >= 0.3 is 6.18 Å². The van der Waals surface area contributed by atoms with Gasteiger partial charge in [-0.05, 0) is 42.8 Å². The van der Waals surface area contributed by atoms with Crippen LogP contribution in [0.5, 0.6) is 0 Å². The first-order chi connectivity index (χ1) is 10.6. The molecule has 0 amide bonds. The predicted molar refractivity (Wildman–Crippen MR) is 79.4 cm³/mol. The number of pyridine rings is 1. The van der Waals surface area contributed by atoms with Crippen LogP contribution in [0.3, 0.4) is 0 Å². The van der Waals surface area contributed by atoms with Gasteiger partial charge in [-0.25, -0.2) is 13.1 Å². The summed E-state index contributed by atoms with van der Waals surface area (Å²) in [6.07, 6.45) is -1.91. The Balaban J connectivity index is 2.41. The van der Waals surface area contributed by atoms with Crippen LogP contribution in [-0.4, -0.2) is 13.4 Å². The van der Waals surface area contributed by atoms with Crippen molar-refractivity contribution in [3.8, 4) is 0 Å². The quantitative estimate of drug-likeness (QED) is 0.897. The van der Waals surface area contributed by atoms with Gasteiger partial charge in [0.25, 0.3) is 0 Å². The van der Waals surface area contributed by atoms with E-state index in [4.69, 9.17) is 11.6 Å². The summed E-state index contributed by atoms with van der Waals surface area (Å²) in [7, 11) is -4.39. The van der Waals surface area contributed by atoms with Crippen molar-refractivity contribution in [2.75, 3.05) is 0 Å². The highest BCUT2D eigenvalue weighted by Crippen LogP contribution is 2.36. The monoisotopic (exact) mass is 364 g/mol. The summed E-state index contributed by atoms with van der Waals surface area (Å²) in [6, 6.07) is 4.95. The molecule has 1 N–H and O–H groups in total. The van der Waals surface area contributed by atoms with Crippen molar-refractivity contribution in [2.24, 2.45) is 0 Å². The summed E-state index contributed by atoms with van der Waals surface area (Å²) in [5.74, 6) is 0. The zero-order chi connectivity index (χ0) is 17.3. The highest BCUT2D eigenvalue weighted by atomic mass is 35.5. The van der Waals surface area contributed by atoms with Gasteiger partial charge in [-0.3, -0.25) is 4.98 Å². The van der Waals surface area contributed by atoms with E-state index in [2.05, 4.69) is 9.71 Å². The molecule has 0 fully saturated rings. The van der Waals surface area contributed by atoms with Crippen LogP contribution in [0.1, 0.15) is 24.1 Å². The minimum atomic E-state index is -4.84. The van der Waals surface area contributed by atoms with Gasteiger partial charge in [-0.1, -0.05) is 11.6 Å². The Morgan fingerprint density at radius 2 is 1.78 bits per heavy atom. The van der Waals surface area contributed by atoms with Gasteiger partial charge in [0.05, 0.1) is 10.5 Å². The van der Waals surface area contributed by atoms with Gasteiger partial charge in [0.1, 0.15) is 0 Å². The Morgan fingerprint density at radius 3 is 2.35 bits per heavy atom. The summed E-state index contributed by atoms with van der Waals surface area (Å²) >= 11 is 5.55. The van der Waals surface area contributed by atoms with Gasteiger partial charge in [0, 0.05) is 23.5 Å². The van der Waals surface area contributed by atoms with Crippen molar-refractivity contribution < 1.29 is 21.6 Å². The van der Waals surface area contributed by atoms with Gasteiger partial charge < -0.3 is 0 Å². The van der Waals surface area contributed by atoms with Crippen LogP contribution in [0.2, 0.25) is 5.02 Å². The second-order valence-corrected chi connectivity index (χ2v) is 6.88. The first-order valence-corrected chi connectivity index (χ1v) is 8.26. The van der Waals surface area contributed by atoms with Crippen LogP contribution in [0.25, 0.3) is 0 Å². The molecule has 4 nitrogen and oxygen atoms in total. The molecule has 0 saturated carbocycles. The van der Waals surface area contributed by atoms with Crippen molar-refractivity contribution in [1.29, 1.82) is 0 Å². The van der Waals surface area contributed by atoms with Crippen molar-refractivity contribution >= 4 is 21.6 Å². The zero-order valence-corrected chi connectivity index (χ0v) is 13.4. The van der Waals surface area contributed by atoms with Crippen LogP contribution in [-0.2, 0) is 16.2 Å². The lowest BCUT2D eigenvalue weighted by Crippen LogP contribution is -2.29. The fraction of sp³-hybridized carbons (Fsp3) is 0.214. The third-order valence-electron chi connectivity index (χ3n) is 3.07. The van der Waals surface area contributed by atoms with E-state index in [9.17, 15) is 21.6 Å². The van der Waals surface area contributed by atoms with E-state index in [0.29, 0.717) is 11.6 Å². The molecule has 0 aliphatic heterocycles. The van der Waals surface area contributed by atoms with E-state index in [-0.39, 0.29) is 5.02 Å². The van der Waals surface area contributed by atoms with E-state index in [1.54, 1.807) is 12.1 Å². The molecule has 0 spiro atoms. The molecule has 23 heavy (non-hydrogen) atoms. The van der Waals surface area contributed by atoms with E-state index in [0.717, 1.165) is 12.1 Å².